The first-order valence-corrected chi connectivity index (χ1v) is 6.52. The smallest absolute Gasteiger partial charge is 0.293 e. The molecule has 100 valence electrons. The Morgan fingerprint density at radius 2 is 2.32 bits per heavy atom. The van der Waals surface area contributed by atoms with Crippen molar-refractivity contribution in [3.05, 3.63) is 44.0 Å². The zero-order valence-electron chi connectivity index (χ0n) is 9.93. The molecule has 0 saturated carbocycles. The van der Waals surface area contributed by atoms with Crippen molar-refractivity contribution in [2.24, 2.45) is 0 Å². The van der Waals surface area contributed by atoms with Crippen molar-refractivity contribution in [2.45, 2.75) is 13.5 Å². The maximum Gasteiger partial charge on any atom is 0.293 e. The van der Waals surface area contributed by atoms with Gasteiger partial charge in [0.1, 0.15) is 11.5 Å². The van der Waals surface area contributed by atoms with Crippen LogP contribution in [0.3, 0.4) is 0 Å². The number of halogens is 2. The number of nitrogens with zero attached hydrogens (tertiary/aromatic N) is 3. The van der Waals surface area contributed by atoms with Gasteiger partial charge in [-0.2, -0.15) is 5.10 Å². The van der Waals surface area contributed by atoms with Gasteiger partial charge in [-0.3, -0.25) is 14.8 Å². The molecule has 1 aromatic carbocycles. The SMILES string of the molecule is CCn1cc(Nc2cc(F)c(I)cc2[N+](=O)[O-])cn1. The lowest BCUT2D eigenvalue weighted by Gasteiger charge is -2.06. The third kappa shape index (κ3) is 3.00. The molecule has 0 atom stereocenters. The summed E-state index contributed by atoms with van der Waals surface area (Å²) in [5.41, 5.74) is 0.513. The minimum Gasteiger partial charge on any atom is -0.347 e. The van der Waals surface area contributed by atoms with E-state index in [-0.39, 0.29) is 14.9 Å². The van der Waals surface area contributed by atoms with E-state index < -0.39 is 10.7 Å². The van der Waals surface area contributed by atoms with Crippen molar-refractivity contribution < 1.29 is 9.31 Å². The summed E-state index contributed by atoms with van der Waals surface area (Å²) in [4.78, 5) is 10.4. The summed E-state index contributed by atoms with van der Waals surface area (Å²) in [5.74, 6) is -0.503. The van der Waals surface area contributed by atoms with Crippen LogP contribution < -0.4 is 5.32 Å². The third-order valence-electron chi connectivity index (χ3n) is 2.47. The van der Waals surface area contributed by atoms with Crippen molar-refractivity contribution in [1.29, 1.82) is 0 Å². The largest absolute Gasteiger partial charge is 0.347 e. The molecule has 2 rings (SSSR count). The number of aryl methyl sites for hydroxylation is 1. The van der Waals surface area contributed by atoms with Gasteiger partial charge in [-0.05, 0) is 29.5 Å². The molecule has 0 amide bonds. The first kappa shape index (κ1) is 13.7. The van der Waals surface area contributed by atoms with Crippen molar-refractivity contribution in [3.8, 4) is 0 Å². The highest BCUT2D eigenvalue weighted by Crippen LogP contribution is 2.30. The molecule has 0 fully saturated rings. The van der Waals surface area contributed by atoms with Gasteiger partial charge in [0.05, 0.1) is 20.4 Å². The predicted molar refractivity (Wildman–Crippen MR) is 77.0 cm³/mol. The summed E-state index contributed by atoms with van der Waals surface area (Å²) < 4.78 is 15.4. The van der Waals surface area contributed by atoms with E-state index in [4.69, 9.17) is 0 Å². The molecule has 1 heterocycles. The van der Waals surface area contributed by atoms with Gasteiger partial charge in [0.25, 0.3) is 5.69 Å². The molecule has 8 heteroatoms. The highest BCUT2D eigenvalue weighted by molar-refractivity contribution is 14.1. The van der Waals surface area contributed by atoms with Crippen LogP contribution in [-0.2, 0) is 6.54 Å². The number of hydrogen-bond acceptors (Lipinski definition) is 4. The summed E-state index contributed by atoms with van der Waals surface area (Å²) in [6.07, 6.45) is 3.22. The quantitative estimate of drug-likeness (QED) is 0.505. The van der Waals surface area contributed by atoms with E-state index in [9.17, 15) is 14.5 Å². The Morgan fingerprint density at radius 1 is 1.58 bits per heavy atom. The number of anilines is 2. The average molecular weight is 376 g/mol. The molecule has 0 saturated heterocycles. The van der Waals surface area contributed by atoms with Gasteiger partial charge in [-0.25, -0.2) is 4.39 Å². The van der Waals surface area contributed by atoms with Crippen LogP contribution in [0.25, 0.3) is 0 Å². The molecule has 0 aliphatic carbocycles. The summed E-state index contributed by atoms with van der Waals surface area (Å²) in [6, 6.07) is 2.31. The molecule has 0 unspecified atom stereocenters. The van der Waals surface area contributed by atoms with E-state index in [0.717, 1.165) is 6.07 Å². The number of aromatic nitrogens is 2. The Bertz CT molecular complexity index is 629. The topological polar surface area (TPSA) is 73.0 Å². The average Bonchev–Trinajstić information content (AvgIpc) is 2.81. The minimum absolute atomic E-state index is 0.110. The standard InChI is InChI=1S/C11H10FIN4O2/c1-2-16-6-7(5-14-16)15-10-3-8(12)9(13)4-11(10)17(18)19/h3-6,15H,2H2,1H3. The second-order valence-corrected chi connectivity index (χ2v) is 4.91. The molecule has 19 heavy (non-hydrogen) atoms. The highest BCUT2D eigenvalue weighted by Gasteiger charge is 2.18. The second-order valence-electron chi connectivity index (χ2n) is 3.75. The fraction of sp³-hybridized carbons (Fsp3) is 0.182. The van der Waals surface area contributed by atoms with Crippen LogP contribution in [0.1, 0.15) is 6.92 Å². The number of nitro benzene ring substituents is 1. The Labute approximate surface area is 121 Å². The number of benzene rings is 1. The van der Waals surface area contributed by atoms with Crippen LogP contribution in [0, 0.1) is 19.5 Å². The van der Waals surface area contributed by atoms with Crippen molar-refractivity contribution in [2.75, 3.05) is 5.32 Å². The summed E-state index contributed by atoms with van der Waals surface area (Å²) in [7, 11) is 0. The van der Waals surface area contributed by atoms with E-state index >= 15 is 0 Å². The third-order valence-corrected chi connectivity index (χ3v) is 3.30. The van der Waals surface area contributed by atoms with Gasteiger partial charge >= 0.3 is 0 Å². The maximum absolute atomic E-state index is 13.5. The van der Waals surface area contributed by atoms with Crippen LogP contribution in [0.4, 0.5) is 21.5 Å². The molecule has 1 aromatic heterocycles. The highest BCUT2D eigenvalue weighted by atomic mass is 127. The molecular weight excluding hydrogens is 366 g/mol. The molecule has 0 aliphatic rings. The number of rotatable bonds is 4. The predicted octanol–water partition coefficient (Wildman–Crippen LogP) is 3.30. The zero-order valence-corrected chi connectivity index (χ0v) is 12.1. The van der Waals surface area contributed by atoms with Gasteiger partial charge in [0.15, 0.2) is 0 Å². The zero-order chi connectivity index (χ0) is 14.0. The van der Waals surface area contributed by atoms with Gasteiger partial charge < -0.3 is 5.32 Å². The fourth-order valence-corrected chi connectivity index (χ4v) is 1.99. The Kier molecular flexibility index (Phi) is 3.98. The van der Waals surface area contributed by atoms with E-state index in [2.05, 4.69) is 10.4 Å². The lowest BCUT2D eigenvalue weighted by molar-refractivity contribution is -0.384. The lowest BCUT2D eigenvalue weighted by Crippen LogP contribution is -1.99. The van der Waals surface area contributed by atoms with Crippen LogP contribution >= 0.6 is 22.6 Å². The number of nitrogens with one attached hydrogen (secondary N) is 1. The molecule has 0 bridgehead atoms. The molecule has 2 aromatic rings. The van der Waals surface area contributed by atoms with Gasteiger partial charge in [-0.1, -0.05) is 0 Å². The fourth-order valence-electron chi connectivity index (χ4n) is 1.54. The van der Waals surface area contributed by atoms with Gasteiger partial charge in [0.2, 0.25) is 0 Å². The minimum atomic E-state index is -0.547. The molecule has 6 nitrogen and oxygen atoms in total. The summed E-state index contributed by atoms with van der Waals surface area (Å²) in [6.45, 7) is 2.61. The van der Waals surface area contributed by atoms with Gasteiger partial charge in [0, 0.05) is 24.9 Å². The second kappa shape index (κ2) is 5.51. The summed E-state index contributed by atoms with van der Waals surface area (Å²) in [5, 5.41) is 17.8. The molecule has 0 spiro atoms. The normalized spacial score (nSPS) is 10.5. The van der Waals surface area contributed by atoms with Crippen LogP contribution in [0.5, 0.6) is 0 Å². The Hall–Kier alpha value is -1.71. The molecule has 0 radical (unpaired) electrons. The van der Waals surface area contributed by atoms with Crippen molar-refractivity contribution in [1.82, 2.24) is 9.78 Å². The first-order valence-electron chi connectivity index (χ1n) is 5.44. The monoisotopic (exact) mass is 376 g/mol. The Morgan fingerprint density at radius 3 is 2.89 bits per heavy atom. The van der Waals surface area contributed by atoms with E-state index in [1.54, 1.807) is 33.5 Å². The van der Waals surface area contributed by atoms with E-state index in [1.165, 1.54) is 12.3 Å². The number of hydrogen-bond donors (Lipinski definition) is 1. The van der Waals surface area contributed by atoms with Crippen molar-refractivity contribution >= 4 is 39.7 Å². The lowest BCUT2D eigenvalue weighted by atomic mass is 10.2. The molecule has 1 N–H and O–H groups in total. The van der Waals surface area contributed by atoms with Gasteiger partial charge in [-0.15, -0.1) is 0 Å². The Balaban J connectivity index is 2.38. The molecule has 0 aliphatic heterocycles. The number of nitro groups is 1. The van der Waals surface area contributed by atoms with Crippen LogP contribution in [0.15, 0.2) is 24.5 Å². The van der Waals surface area contributed by atoms with Crippen LogP contribution in [0.2, 0.25) is 0 Å². The van der Waals surface area contributed by atoms with E-state index in [1.807, 2.05) is 6.92 Å². The first-order chi connectivity index (χ1) is 9.01. The van der Waals surface area contributed by atoms with E-state index in [0.29, 0.717) is 12.2 Å². The van der Waals surface area contributed by atoms with Crippen LogP contribution in [-0.4, -0.2) is 14.7 Å². The maximum atomic E-state index is 13.5. The molecular formula is C11H10FIN4O2. The summed E-state index contributed by atoms with van der Waals surface area (Å²) >= 11 is 1.72. The van der Waals surface area contributed by atoms with Crippen molar-refractivity contribution in [3.63, 3.8) is 0 Å².